The average molecular weight is 487 g/mol. The van der Waals surface area contributed by atoms with Crippen LogP contribution in [0.5, 0.6) is 5.75 Å². The third kappa shape index (κ3) is 6.74. The Morgan fingerprint density at radius 1 is 1.00 bits per heavy atom. The zero-order chi connectivity index (χ0) is 24.5. The summed E-state index contributed by atoms with van der Waals surface area (Å²) in [7, 11) is 0. The summed E-state index contributed by atoms with van der Waals surface area (Å²) in [6.45, 7) is 0.412. The van der Waals surface area contributed by atoms with Crippen molar-refractivity contribution < 1.29 is 29.3 Å². The summed E-state index contributed by atoms with van der Waals surface area (Å²) in [6, 6.07) is 13.5. The fourth-order valence-electron chi connectivity index (χ4n) is 3.58. The molecule has 0 aliphatic carbocycles. The SMILES string of the molecule is O=C(O)CCCCCCCOc1ccc(NC(=O)C2=C(O)CN(c3ccccc3Cl)C2=O)cc1. The standard InChI is InChI=1S/C25H27ClN2O6/c26-19-8-5-6-9-20(19)28-16-21(29)23(25(28)33)24(32)27-17-11-13-18(14-12-17)34-15-7-3-1-2-4-10-22(30)31/h5-6,8-9,11-14,29H,1-4,7,10,15-16H2,(H,27,32)(H,30,31). The van der Waals surface area contributed by atoms with E-state index in [1.54, 1.807) is 48.5 Å². The molecule has 2 aromatic rings. The number of carboxylic acid groups (broad SMARTS) is 1. The number of carboxylic acids is 1. The summed E-state index contributed by atoms with van der Waals surface area (Å²) >= 11 is 6.15. The number of rotatable bonds is 12. The van der Waals surface area contributed by atoms with Crippen LogP contribution in [-0.2, 0) is 14.4 Å². The number of anilines is 2. The van der Waals surface area contributed by atoms with E-state index in [2.05, 4.69) is 5.32 Å². The van der Waals surface area contributed by atoms with Crippen molar-refractivity contribution in [2.24, 2.45) is 0 Å². The van der Waals surface area contributed by atoms with Gasteiger partial charge in [0.25, 0.3) is 11.8 Å². The first-order valence-electron chi connectivity index (χ1n) is 11.1. The molecule has 0 atom stereocenters. The number of amides is 2. The Kier molecular flexibility index (Phi) is 8.93. The molecule has 0 fully saturated rings. The molecule has 2 amide bonds. The predicted octanol–water partition coefficient (Wildman–Crippen LogP) is 4.94. The normalized spacial score (nSPS) is 13.3. The van der Waals surface area contributed by atoms with Gasteiger partial charge in [0.2, 0.25) is 0 Å². The average Bonchev–Trinajstić information content (AvgIpc) is 3.10. The number of aliphatic hydroxyl groups excluding tert-OH is 1. The molecule has 8 nitrogen and oxygen atoms in total. The van der Waals surface area contributed by atoms with E-state index in [4.69, 9.17) is 21.4 Å². The number of carbonyl (C=O) groups is 3. The summed E-state index contributed by atoms with van der Waals surface area (Å²) in [5.41, 5.74) is 0.564. The van der Waals surface area contributed by atoms with Crippen molar-refractivity contribution in [3.8, 4) is 5.75 Å². The quantitative estimate of drug-likeness (QED) is 0.289. The second-order valence-electron chi connectivity index (χ2n) is 7.90. The summed E-state index contributed by atoms with van der Waals surface area (Å²) < 4.78 is 5.69. The molecule has 0 radical (unpaired) electrons. The maximum atomic E-state index is 12.8. The maximum absolute atomic E-state index is 12.8. The third-order valence-electron chi connectivity index (χ3n) is 5.34. The highest BCUT2D eigenvalue weighted by atomic mass is 35.5. The van der Waals surface area contributed by atoms with Crippen molar-refractivity contribution >= 4 is 40.8 Å². The molecule has 3 rings (SSSR count). The van der Waals surface area contributed by atoms with Gasteiger partial charge in [0.1, 0.15) is 17.1 Å². The lowest BCUT2D eigenvalue weighted by molar-refractivity contribution is -0.137. The van der Waals surface area contributed by atoms with E-state index in [0.29, 0.717) is 35.2 Å². The van der Waals surface area contributed by atoms with E-state index in [1.165, 1.54) is 4.90 Å². The molecule has 0 bridgehead atoms. The van der Waals surface area contributed by atoms with Crippen LogP contribution in [0.3, 0.4) is 0 Å². The Hall–Kier alpha value is -3.52. The molecule has 2 aromatic carbocycles. The van der Waals surface area contributed by atoms with Crippen molar-refractivity contribution in [1.29, 1.82) is 0 Å². The molecule has 1 heterocycles. The topological polar surface area (TPSA) is 116 Å². The van der Waals surface area contributed by atoms with Gasteiger partial charge in [-0.25, -0.2) is 0 Å². The van der Waals surface area contributed by atoms with E-state index in [-0.39, 0.29) is 24.3 Å². The van der Waals surface area contributed by atoms with E-state index < -0.39 is 17.8 Å². The minimum absolute atomic E-state index is 0.127. The molecule has 9 heteroatoms. The van der Waals surface area contributed by atoms with Crippen LogP contribution in [0.1, 0.15) is 38.5 Å². The molecule has 180 valence electrons. The summed E-state index contributed by atoms with van der Waals surface area (Å²) in [6.07, 6.45) is 4.60. The molecule has 1 aliphatic rings. The lowest BCUT2D eigenvalue weighted by Crippen LogP contribution is -2.30. The summed E-state index contributed by atoms with van der Waals surface area (Å²) in [4.78, 5) is 37.2. The van der Waals surface area contributed by atoms with Gasteiger partial charge in [0.05, 0.1) is 23.9 Å². The number of aliphatic carboxylic acids is 1. The molecule has 34 heavy (non-hydrogen) atoms. The number of halogens is 1. The van der Waals surface area contributed by atoms with Crippen LogP contribution in [0.25, 0.3) is 0 Å². The van der Waals surface area contributed by atoms with Crippen LogP contribution in [0.2, 0.25) is 5.02 Å². The number of aliphatic hydroxyl groups is 1. The molecule has 0 saturated carbocycles. The number of nitrogens with one attached hydrogen (secondary N) is 1. The third-order valence-corrected chi connectivity index (χ3v) is 5.66. The van der Waals surface area contributed by atoms with Gasteiger partial charge < -0.3 is 20.3 Å². The lowest BCUT2D eigenvalue weighted by Gasteiger charge is -2.17. The second kappa shape index (κ2) is 12.1. The largest absolute Gasteiger partial charge is 0.509 e. The van der Waals surface area contributed by atoms with Crippen LogP contribution in [-0.4, -0.2) is 41.1 Å². The molecule has 0 spiro atoms. The number of para-hydroxylation sites is 1. The van der Waals surface area contributed by atoms with Crippen LogP contribution < -0.4 is 15.0 Å². The number of carbonyl (C=O) groups excluding carboxylic acids is 2. The van der Waals surface area contributed by atoms with E-state index in [9.17, 15) is 19.5 Å². The van der Waals surface area contributed by atoms with Crippen molar-refractivity contribution in [3.05, 3.63) is 64.9 Å². The highest BCUT2D eigenvalue weighted by Gasteiger charge is 2.36. The highest BCUT2D eigenvalue weighted by Crippen LogP contribution is 2.31. The van der Waals surface area contributed by atoms with E-state index in [1.807, 2.05) is 0 Å². The molecule has 0 saturated heterocycles. The monoisotopic (exact) mass is 486 g/mol. The molecule has 3 N–H and O–H groups in total. The van der Waals surface area contributed by atoms with Crippen molar-refractivity contribution in [1.82, 2.24) is 0 Å². The van der Waals surface area contributed by atoms with Crippen molar-refractivity contribution in [2.45, 2.75) is 38.5 Å². The van der Waals surface area contributed by atoms with Gasteiger partial charge in [-0.3, -0.25) is 19.3 Å². The zero-order valence-corrected chi connectivity index (χ0v) is 19.4. The number of unbranched alkanes of at least 4 members (excludes halogenated alkanes) is 4. The van der Waals surface area contributed by atoms with Gasteiger partial charge in [-0.15, -0.1) is 0 Å². The van der Waals surface area contributed by atoms with E-state index in [0.717, 1.165) is 25.7 Å². The Bertz CT molecular complexity index is 1070. The first-order chi connectivity index (χ1) is 16.4. The number of benzene rings is 2. The van der Waals surface area contributed by atoms with E-state index >= 15 is 0 Å². The van der Waals surface area contributed by atoms with Gasteiger partial charge in [-0.2, -0.15) is 0 Å². The number of hydrogen-bond acceptors (Lipinski definition) is 5. The van der Waals surface area contributed by atoms with Crippen molar-refractivity contribution in [3.63, 3.8) is 0 Å². The molecule has 0 aromatic heterocycles. The number of ether oxygens (including phenoxy) is 1. The van der Waals surface area contributed by atoms with Crippen molar-refractivity contribution in [2.75, 3.05) is 23.4 Å². The van der Waals surface area contributed by atoms with Crippen LogP contribution >= 0.6 is 11.6 Å². The molecule has 0 unspecified atom stereocenters. The lowest BCUT2D eigenvalue weighted by atomic mass is 10.1. The first-order valence-corrected chi connectivity index (χ1v) is 11.5. The Labute approximate surface area is 202 Å². The fourth-order valence-corrected chi connectivity index (χ4v) is 3.82. The molecular formula is C25H27ClN2O6. The Morgan fingerprint density at radius 2 is 1.68 bits per heavy atom. The fraction of sp³-hybridized carbons (Fsp3) is 0.320. The Morgan fingerprint density at radius 3 is 2.38 bits per heavy atom. The zero-order valence-electron chi connectivity index (χ0n) is 18.6. The van der Waals surface area contributed by atoms with Gasteiger partial charge in [-0.1, -0.05) is 43.0 Å². The minimum Gasteiger partial charge on any atom is -0.509 e. The van der Waals surface area contributed by atoms with Gasteiger partial charge >= 0.3 is 5.97 Å². The summed E-state index contributed by atoms with van der Waals surface area (Å²) in [5.74, 6) is -1.75. The summed E-state index contributed by atoms with van der Waals surface area (Å²) in [5, 5.41) is 21.8. The second-order valence-corrected chi connectivity index (χ2v) is 8.31. The number of nitrogens with zero attached hydrogens (tertiary/aromatic N) is 1. The van der Waals surface area contributed by atoms with Gasteiger partial charge in [0.15, 0.2) is 0 Å². The smallest absolute Gasteiger partial charge is 0.303 e. The minimum atomic E-state index is -0.759. The molecular weight excluding hydrogens is 460 g/mol. The van der Waals surface area contributed by atoms with Gasteiger partial charge in [0, 0.05) is 12.1 Å². The highest BCUT2D eigenvalue weighted by molar-refractivity contribution is 6.35. The Balaban J connectivity index is 1.45. The first kappa shape index (κ1) is 25.1. The predicted molar refractivity (Wildman–Crippen MR) is 129 cm³/mol. The number of hydrogen-bond donors (Lipinski definition) is 3. The van der Waals surface area contributed by atoms with Gasteiger partial charge in [-0.05, 0) is 49.2 Å². The maximum Gasteiger partial charge on any atom is 0.303 e. The van der Waals surface area contributed by atoms with Crippen LogP contribution in [0.4, 0.5) is 11.4 Å². The van der Waals surface area contributed by atoms with Crippen LogP contribution in [0.15, 0.2) is 59.9 Å². The molecule has 1 aliphatic heterocycles. The van der Waals surface area contributed by atoms with Crippen LogP contribution in [0, 0.1) is 0 Å².